The topological polar surface area (TPSA) is 131 Å². The molecule has 0 saturated heterocycles. The van der Waals surface area contributed by atoms with Gasteiger partial charge in [0.2, 0.25) is 5.90 Å². The molecule has 1 rings (SSSR count). The average molecular weight is 438 g/mol. The van der Waals surface area contributed by atoms with E-state index < -0.39 is 6.03 Å². The highest BCUT2D eigenvalue weighted by atomic mass is 32.2. The van der Waals surface area contributed by atoms with Gasteiger partial charge in [-0.25, -0.2) is 21.5 Å². The molecule has 0 aliphatic carbocycles. The van der Waals surface area contributed by atoms with Crippen LogP contribution in [0.25, 0.3) is 0 Å². The highest BCUT2D eigenvalue weighted by molar-refractivity contribution is 7.98. The Morgan fingerprint density at radius 1 is 1.20 bits per heavy atom. The number of benzene rings is 1. The number of hydrazine groups is 2. The number of aryl methyl sites for hydroxylation is 1. The molecule has 30 heavy (non-hydrogen) atoms. The van der Waals surface area contributed by atoms with Crippen LogP contribution >= 0.6 is 11.8 Å². The van der Waals surface area contributed by atoms with Crippen LogP contribution < -0.4 is 16.7 Å². The predicted octanol–water partition coefficient (Wildman–Crippen LogP) is 3.01. The zero-order chi connectivity index (χ0) is 22.7. The van der Waals surface area contributed by atoms with Gasteiger partial charge in [0.15, 0.2) is 5.94 Å². The number of rotatable bonds is 9. The standard InChI is InChI=1S/C19H31N7O3S/c1-7-18(23-22-14(3)15(4)24-29-12-30-6)28-11-16-13(2)9-8-10-17(16)26(21)19(27)25(5)20/h8-10H,7,11-12,20-21H2,1-6H3/b22-14?,23-18?,24-15+. The normalized spacial score (nSPS) is 12.6. The van der Waals surface area contributed by atoms with Crippen LogP contribution in [0.2, 0.25) is 0 Å². The monoisotopic (exact) mass is 437 g/mol. The lowest BCUT2D eigenvalue weighted by Gasteiger charge is -2.24. The van der Waals surface area contributed by atoms with Crippen molar-refractivity contribution in [3.05, 3.63) is 29.3 Å². The molecule has 1 aromatic carbocycles. The maximum absolute atomic E-state index is 12.1. The smallest absolute Gasteiger partial charge is 0.352 e. The summed E-state index contributed by atoms with van der Waals surface area (Å²) < 4.78 is 5.85. The summed E-state index contributed by atoms with van der Waals surface area (Å²) in [6, 6.07) is 4.89. The van der Waals surface area contributed by atoms with Crippen LogP contribution in [0, 0.1) is 6.92 Å². The van der Waals surface area contributed by atoms with Gasteiger partial charge in [0.1, 0.15) is 6.61 Å². The van der Waals surface area contributed by atoms with Gasteiger partial charge in [-0.2, -0.15) is 5.10 Å². The van der Waals surface area contributed by atoms with Crippen molar-refractivity contribution in [3.8, 4) is 0 Å². The molecule has 0 atom stereocenters. The number of amides is 2. The number of anilines is 1. The molecule has 2 amide bonds. The molecule has 0 unspecified atom stereocenters. The van der Waals surface area contributed by atoms with Crippen molar-refractivity contribution in [3.63, 3.8) is 0 Å². The van der Waals surface area contributed by atoms with Crippen LogP contribution in [-0.2, 0) is 16.2 Å². The first-order valence-electron chi connectivity index (χ1n) is 9.28. The molecule has 11 heteroatoms. The molecule has 0 aliphatic rings. The fourth-order valence-corrected chi connectivity index (χ4v) is 2.33. The lowest BCUT2D eigenvalue weighted by atomic mass is 10.1. The number of hydrogen-bond acceptors (Lipinski definition) is 9. The summed E-state index contributed by atoms with van der Waals surface area (Å²) in [6.45, 7) is 7.57. The number of nitrogens with two attached hydrogens (primary N) is 2. The summed E-state index contributed by atoms with van der Waals surface area (Å²) in [7, 11) is 1.42. The summed E-state index contributed by atoms with van der Waals surface area (Å²) in [5, 5.41) is 14.2. The Bertz CT molecular complexity index is 809. The fraction of sp³-hybridized carbons (Fsp3) is 0.474. The molecule has 0 spiro atoms. The Morgan fingerprint density at radius 3 is 2.50 bits per heavy atom. The van der Waals surface area contributed by atoms with E-state index in [2.05, 4.69) is 15.4 Å². The molecule has 0 saturated carbocycles. The van der Waals surface area contributed by atoms with Crippen molar-refractivity contribution < 1.29 is 14.4 Å². The fourth-order valence-electron chi connectivity index (χ4n) is 2.18. The molecule has 0 radical (unpaired) electrons. The van der Waals surface area contributed by atoms with E-state index in [0.717, 1.165) is 21.1 Å². The first-order valence-corrected chi connectivity index (χ1v) is 10.7. The second kappa shape index (κ2) is 12.8. The zero-order valence-corrected chi connectivity index (χ0v) is 19.2. The molecular weight excluding hydrogens is 406 g/mol. The average Bonchev–Trinajstić information content (AvgIpc) is 2.73. The molecule has 1 aromatic rings. The van der Waals surface area contributed by atoms with E-state index in [1.54, 1.807) is 19.9 Å². The van der Waals surface area contributed by atoms with Crippen molar-refractivity contribution in [2.75, 3.05) is 24.3 Å². The van der Waals surface area contributed by atoms with Crippen LogP contribution in [0.15, 0.2) is 33.6 Å². The van der Waals surface area contributed by atoms with Gasteiger partial charge in [0, 0.05) is 19.0 Å². The molecule has 0 aliphatic heterocycles. The SMILES string of the molecule is CCC(=NN=C(C)/C(C)=N/OCSC)OCc1c(C)cccc1N(N)C(=O)N(C)N. The van der Waals surface area contributed by atoms with Crippen LogP contribution in [0.1, 0.15) is 38.3 Å². The maximum Gasteiger partial charge on any atom is 0.352 e. The summed E-state index contributed by atoms with van der Waals surface area (Å²) in [4.78, 5) is 17.3. The predicted molar refractivity (Wildman–Crippen MR) is 123 cm³/mol. The summed E-state index contributed by atoms with van der Waals surface area (Å²) in [5.41, 5.74) is 3.42. The van der Waals surface area contributed by atoms with Gasteiger partial charge in [-0.1, -0.05) is 24.2 Å². The first-order chi connectivity index (χ1) is 14.2. The number of oxime groups is 1. The van der Waals surface area contributed by atoms with E-state index in [-0.39, 0.29) is 6.61 Å². The highest BCUT2D eigenvalue weighted by Crippen LogP contribution is 2.23. The molecule has 0 fully saturated rings. The van der Waals surface area contributed by atoms with Crippen LogP contribution in [-0.4, -0.2) is 47.6 Å². The van der Waals surface area contributed by atoms with E-state index in [0.29, 0.717) is 35.4 Å². The van der Waals surface area contributed by atoms with Gasteiger partial charge < -0.3 is 9.57 Å². The summed E-state index contributed by atoms with van der Waals surface area (Å²) in [6.07, 6.45) is 2.46. The van der Waals surface area contributed by atoms with E-state index in [1.807, 2.05) is 32.2 Å². The minimum Gasteiger partial charge on any atom is -0.475 e. The lowest BCUT2D eigenvalue weighted by molar-refractivity contribution is 0.197. The molecule has 166 valence electrons. The van der Waals surface area contributed by atoms with Gasteiger partial charge in [-0.15, -0.1) is 16.9 Å². The van der Waals surface area contributed by atoms with Crippen LogP contribution in [0.4, 0.5) is 10.5 Å². The van der Waals surface area contributed by atoms with Crippen molar-refractivity contribution >= 4 is 40.8 Å². The van der Waals surface area contributed by atoms with Crippen LogP contribution in [0.5, 0.6) is 0 Å². The van der Waals surface area contributed by atoms with E-state index in [4.69, 9.17) is 21.3 Å². The van der Waals surface area contributed by atoms with E-state index in [9.17, 15) is 4.79 Å². The third-order valence-electron chi connectivity index (χ3n) is 4.05. The maximum atomic E-state index is 12.1. The number of carbonyl (C=O) groups is 1. The van der Waals surface area contributed by atoms with E-state index >= 15 is 0 Å². The van der Waals surface area contributed by atoms with Crippen molar-refractivity contribution in [1.29, 1.82) is 0 Å². The summed E-state index contributed by atoms with van der Waals surface area (Å²) in [5.74, 6) is 12.4. The van der Waals surface area contributed by atoms with Gasteiger partial charge in [0.25, 0.3) is 0 Å². The Labute approximate surface area is 181 Å². The Kier molecular flexibility index (Phi) is 10.9. The molecule has 0 aromatic heterocycles. The largest absolute Gasteiger partial charge is 0.475 e. The van der Waals surface area contributed by atoms with Crippen molar-refractivity contribution in [1.82, 2.24) is 5.01 Å². The lowest BCUT2D eigenvalue weighted by Crippen LogP contribution is -2.49. The Morgan fingerprint density at radius 2 is 1.90 bits per heavy atom. The molecule has 4 N–H and O–H groups in total. The molecule has 10 nitrogen and oxygen atoms in total. The Hall–Kier alpha value is -2.63. The highest BCUT2D eigenvalue weighted by Gasteiger charge is 2.19. The molecule has 0 heterocycles. The number of nitrogens with zero attached hydrogens (tertiary/aromatic N) is 5. The van der Waals surface area contributed by atoms with E-state index in [1.165, 1.54) is 18.8 Å². The number of ether oxygens (including phenoxy) is 1. The van der Waals surface area contributed by atoms with Crippen molar-refractivity contribution in [2.45, 2.75) is 40.7 Å². The molecular formula is C19H31N7O3S. The summed E-state index contributed by atoms with van der Waals surface area (Å²) >= 11 is 1.53. The third kappa shape index (κ3) is 7.65. The number of urea groups is 1. The molecule has 0 bridgehead atoms. The second-order valence-corrected chi connectivity index (χ2v) is 7.18. The minimum atomic E-state index is -0.551. The van der Waals surface area contributed by atoms with Crippen LogP contribution in [0.3, 0.4) is 0 Å². The Balaban J connectivity index is 2.98. The quantitative estimate of drug-likeness (QED) is 0.116. The van der Waals surface area contributed by atoms with Gasteiger partial charge in [0.05, 0.1) is 17.1 Å². The second-order valence-electron chi connectivity index (χ2n) is 6.37. The minimum absolute atomic E-state index is 0.169. The number of carbonyl (C=O) groups excluding carboxylic acids is 1. The number of thioether (sulfide) groups is 1. The zero-order valence-electron chi connectivity index (χ0n) is 18.4. The van der Waals surface area contributed by atoms with Gasteiger partial charge in [-0.05, 0) is 38.7 Å². The number of hydrogen-bond donors (Lipinski definition) is 2. The van der Waals surface area contributed by atoms with Crippen molar-refractivity contribution in [2.24, 2.45) is 27.0 Å². The first kappa shape index (κ1) is 25.4. The third-order valence-corrected chi connectivity index (χ3v) is 4.39. The van der Waals surface area contributed by atoms with Gasteiger partial charge >= 0.3 is 6.03 Å². The van der Waals surface area contributed by atoms with Gasteiger partial charge in [-0.3, -0.25) is 5.01 Å².